The first-order valence-corrected chi connectivity index (χ1v) is 18.3. The fourth-order valence-corrected chi connectivity index (χ4v) is 13.7. The van der Waals surface area contributed by atoms with Crippen LogP contribution in [0.3, 0.4) is 0 Å². The van der Waals surface area contributed by atoms with E-state index in [1.807, 2.05) is 0 Å². The van der Waals surface area contributed by atoms with Crippen LogP contribution in [0.25, 0.3) is 11.1 Å². The third-order valence-corrected chi connectivity index (χ3v) is 16.1. The Bertz CT molecular complexity index is 1530. The quantitative estimate of drug-likeness (QED) is 0.204. The summed E-state index contributed by atoms with van der Waals surface area (Å²) in [6.45, 7) is 23.7. The van der Waals surface area contributed by atoms with Crippen molar-refractivity contribution >= 4 is 31.3 Å². The summed E-state index contributed by atoms with van der Waals surface area (Å²) >= 11 is -2.48. The summed E-state index contributed by atoms with van der Waals surface area (Å²) in [5.74, 6) is 0. The predicted octanol–water partition coefficient (Wildman–Crippen LogP) is 10.4. The van der Waals surface area contributed by atoms with Crippen LogP contribution in [0.1, 0.15) is 103 Å². The minimum absolute atomic E-state index is 0. The molecule has 0 radical (unpaired) electrons. The van der Waals surface area contributed by atoms with Crippen molar-refractivity contribution in [3.63, 3.8) is 0 Å². The number of allylic oxidation sites excluding steroid dienone is 4. The van der Waals surface area contributed by atoms with E-state index in [1.54, 1.807) is 15.3 Å². The van der Waals surface area contributed by atoms with E-state index in [2.05, 4.69) is 142 Å². The Morgan fingerprint density at radius 3 is 1.85 bits per heavy atom. The van der Waals surface area contributed by atoms with Crippen LogP contribution in [0.2, 0.25) is 0 Å². The average molecular weight is 667 g/mol. The topological polar surface area (TPSA) is 0 Å². The van der Waals surface area contributed by atoms with E-state index in [1.165, 1.54) is 39.0 Å². The van der Waals surface area contributed by atoms with Crippen LogP contribution in [0.4, 0.5) is 0 Å². The fourth-order valence-electron chi connectivity index (χ4n) is 6.07. The largest absolute Gasteiger partial charge is 0.147 e. The molecule has 0 unspecified atom stereocenters. The summed E-state index contributed by atoms with van der Waals surface area (Å²) in [5, 5.41) is 0. The molecule has 2 aliphatic rings. The molecule has 5 rings (SSSR count). The van der Waals surface area contributed by atoms with E-state index in [9.17, 15) is 0 Å². The zero-order valence-corrected chi connectivity index (χ0v) is 30.7. The summed E-state index contributed by atoms with van der Waals surface area (Å²) in [6.07, 6.45) is 7.30. The first-order valence-electron chi connectivity index (χ1n) is 14.6. The number of hydrogen-bond acceptors (Lipinski definition) is 0. The zero-order chi connectivity index (χ0) is 28.3. The molecule has 3 aromatic carbocycles. The predicted molar refractivity (Wildman–Crippen MR) is 183 cm³/mol. The first kappa shape index (κ1) is 34.0. The van der Waals surface area contributed by atoms with E-state index < -0.39 is 21.3 Å². The molecule has 0 atom stereocenters. The van der Waals surface area contributed by atoms with Crippen molar-refractivity contribution in [1.29, 1.82) is 0 Å². The molecule has 0 nitrogen and oxygen atoms in total. The fraction of sp³-hybridized carbons (Fsp3) is 0.395. The molecule has 3 aromatic rings. The molecular formula is C38H48Cl2Zr. The van der Waals surface area contributed by atoms with Gasteiger partial charge < -0.3 is 0 Å². The molecule has 0 fully saturated rings. The second-order valence-corrected chi connectivity index (χ2v) is 21.3. The van der Waals surface area contributed by atoms with Crippen molar-refractivity contribution in [3.05, 3.63) is 109 Å². The Morgan fingerprint density at radius 1 is 0.683 bits per heavy atom. The Hall–Kier alpha value is -1.53. The van der Waals surface area contributed by atoms with Crippen LogP contribution in [0, 0.1) is 5.41 Å². The van der Waals surface area contributed by atoms with Gasteiger partial charge in [0.05, 0.1) is 0 Å². The number of rotatable bonds is 3. The van der Waals surface area contributed by atoms with E-state index in [0.717, 1.165) is 12.8 Å². The summed E-state index contributed by atoms with van der Waals surface area (Å²) < 4.78 is 5.07. The molecule has 2 aliphatic carbocycles. The van der Waals surface area contributed by atoms with Gasteiger partial charge in [-0.05, 0) is 0 Å². The van der Waals surface area contributed by atoms with Crippen LogP contribution >= 0.6 is 24.8 Å². The first-order chi connectivity index (χ1) is 18.1. The van der Waals surface area contributed by atoms with E-state index in [-0.39, 0.29) is 41.1 Å². The normalized spacial score (nSPS) is 15.2. The van der Waals surface area contributed by atoms with Crippen molar-refractivity contribution in [1.82, 2.24) is 0 Å². The molecule has 3 heteroatoms. The summed E-state index contributed by atoms with van der Waals surface area (Å²) in [7, 11) is 0. The number of benzene rings is 3. The van der Waals surface area contributed by atoms with Gasteiger partial charge in [-0.3, -0.25) is 0 Å². The molecule has 0 bridgehead atoms. The van der Waals surface area contributed by atoms with Crippen molar-refractivity contribution in [2.75, 3.05) is 0 Å². The molecule has 218 valence electrons. The number of halogens is 2. The van der Waals surface area contributed by atoms with Crippen LogP contribution in [0.15, 0.2) is 81.7 Å². The van der Waals surface area contributed by atoms with Crippen molar-refractivity contribution in [2.24, 2.45) is 5.41 Å². The molecule has 0 N–H and O–H groups in total. The summed E-state index contributed by atoms with van der Waals surface area (Å²) in [4.78, 5) is 0. The molecule has 0 spiro atoms. The van der Waals surface area contributed by atoms with Crippen molar-refractivity contribution in [3.8, 4) is 11.1 Å². The maximum Gasteiger partial charge on any atom is -0.147 e. The second kappa shape index (κ2) is 12.2. The SMILES string of the molecule is C/[C](c1ccccc1)=[Zr](\[C]1=CC(C(C)(C)C)=CC1)[c]1cc(C(C)(C)C)cc2c1Cc1ccc(C(C)(C)C)cc1-2.Cl.Cl. The minimum Gasteiger partial charge on any atom is -0.147 e. The van der Waals surface area contributed by atoms with Gasteiger partial charge in [0, 0.05) is 0 Å². The Kier molecular flexibility index (Phi) is 10.1. The van der Waals surface area contributed by atoms with Gasteiger partial charge in [-0.1, -0.05) is 0 Å². The van der Waals surface area contributed by atoms with Crippen LogP contribution in [0.5, 0.6) is 0 Å². The van der Waals surface area contributed by atoms with Gasteiger partial charge in [0.25, 0.3) is 0 Å². The van der Waals surface area contributed by atoms with Gasteiger partial charge in [-0.15, -0.1) is 24.8 Å². The van der Waals surface area contributed by atoms with Gasteiger partial charge in [0.1, 0.15) is 0 Å². The third-order valence-electron chi connectivity index (χ3n) is 8.66. The molecule has 0 amide bonds. The van der Waals surface area contributed by atoms with Gasteiger partial charge in [-0.2, -0.15) is 0 Å². The molecule has 0 saturated carbocycles. The zero-order valence-electron chi connectivity index (χ0n) is 26.7. The smallest absolute Gasteiger partial charge is 0.147 e. The summed E-state index contributed by atoms with van der Waals surface area (Å²) in [5.41, 5.74) is 12.4. The molecule has 0 aromatic heterocycles. The Morgan fingerprint density at radius 2 is 1.29 bits per heavy atom. The van der Waals surface area contributed by atoms with E-state index in [0.29, 0.717) is 0 Å². The number of fused-ring (bicyclic) bond motifs is 3. The van der Waals surface area contributed by atoms with Crippen molar-refractivity contribution < 1.29 is 21.3 Å². The second-order valence-electron chi connectivity index (χ2n) is 14.7. The van der Waals surface area contributed by atoms with Gasteiger partial charge in [0.2, 0.25) is 0 Å². The van der Waals surface area contributed by atoms with Gasteiger partial charge >= 0.3 is 247 Å². The molecule has 0 saturated heterocycles. The van der Waals surface area contributed by atoms with E-state index >= 15 is 0 Å². The van der Waals surface area contributed by atoms with E-state index in [4.69, 9.17) is 0 Å². The van der Waals surface area contributed by atoms with Crippen LogP contribution < -0.4 is 3.27 Å². The minimum atomic E-state index is -2.48. The Balaban J connectivity index is 0.00000231. The molecule has 41 heavy (non-hydrogen) atoms. The van der Waals surface area contributed by atoms with Gasteiger partial charge in [0.15, 0.2) is 0 Å². The standard InChI is InChI=1S/C21H25.C9H13.C8H8.2ClH.Zr/c1-20(2,3)16-9-7-14-11-15-8-10-17(21(4,5)6)13-19(15)18(14)12-16;1-9(2,3)8-6-4-5-7-8;1-2-8-6-4-3-5-7-8;;;/h7,9-10,12-13H,11H2,1-6H3;6-7H,4H2,1-3H3;3-7H,1H3;2*1H;. The monoisotopic (exact) mass is 664 g/mol. The maximum atomic E-state index is 2.65. The van der Waals surface area contributed by atoms with Crippen LogP contribution in [-0.4, -0.2) is 3.21 Å². The Labute approximate surface area is 269 Å². The maximum absolute atomic E-state index is 2.65. The average Bonchev–Trinajstić information content (AvgIpc) is 3.48. The summed E-state index contributed by atoms with van der Waals surface area (Å²) in [6, 6.07) is 23.7. The third kappa shape index (κ3) is 6.84. The molecule has 0 aliphatic heterocycles. The molecular weight excluding hydrogens is 619 g/mol. The van der Waals surface area contributed by atoms with Gasteiger partial charge in [-0.25, -0.2) is 0 Å². The number of hydrogen-bond donors (Lipinski definition) is 0. The van der Waals surface area contributed by atoms with Crippen LogP contribution in [-0.2, 0) is 38.5 Å². The van der Waals surface area contributed by atoms with Crippen molar-refractivity contribution in [2.45, 2.75) is 92.9 Å². The molecule has 0 heterocycles.